The van der Waals surface area contributed by atoms with Crippen LogP contribution in [0.5, 0.6) is 5.75 Å². The molecule has 5 rings (SSSR count). The SMILES string of the molecule is COc1ccc(-c2ccc(CN3C(=O)[C@@H](N)CC(F)(F)c4cc(F)c(-c5nnc(C(C)(C)C#N)o5)cc43)cc2)nc1. The van der Waals surface area contributed by atoms with Crippen LogP contribution in [-0.2, 0) is 22.7 Å². The van der Waals surface area contributed by atoms with E-state index in [2.05, 4.69) is 15.2 Å². The van der Waals surface area contributed by atoms with E-state index in [4.69, 9.17) is 14.9 Å². The zero-order chi connectivity index (χ0) is 29.5. The molecule has 2 N–H and O–H groups in total. The van der Waals surface area contributed by atoms with E-state index in [0.29, 0.717) is 23.1 Å². The average Bonchev–Trinajstić information content (AvgIpc) is 3.45. The van der Waals surface area contributed by atoms with Gasteiger partial charge in [0, 0.05) is 17.5 Å². The summed E-state index contributed by atoms with van der Waals surface area (Å²) in [7, 11) is 1.54. The van der Waals surface area contributed by atoms with Gasteiger partial charge in [0.15, 0.2) is 0 Å². The first kappa shape index (κ1) is 27.8. The molecule has 0 fully saturated rings. The molecule has 3 heterocycles. The van der Waals surface area contributed by atoms with Crippen LogP contribution in [0.3, 0.4) is 0 Å². The second-order valence-corrected chi connectivity index (χ2v) is 10.2. The summed E-state index contributed by atoms with van der Waals surface area (Å²) in [5.41, 5.74) is 5.62. The van der Waals surface area contributed by atoms with E-state index in [0.717, 1.165) is 16.5 Å². The van der Waals surface area contributed by atoms with Crippen molar-refractivity contribution in [3.8, 4) is 34.5 Å². The summed E-state index contributed by atoms with van der Waals surface area (Å²) in [4.78, 5) is 18.8. The fourth-order valence-electron chi connectivity index (χ4n) is 4.47. The number of alkyl halides is 2. The van der Waals surface area contributed by atoms with Crippen molar-refractivity contribution in [1.29, 1.82) is 5.26 Å². The molecule has 2 aromatic heterocycles. The highest BCUT2D eigenvalue weighted by Crippen LogP contribution is 2.45. The Labute approximate surface area is 233 Å². The van der Waals surface area contributed by atoms with Crippen LogP contribution < -0.4 is 15.4 Å². The van der Waals surface area contributed by atoms with E-state index < -0.39 is 41.1 Å². The molecule has 1 aliphatic rings. The predicted molar refractivity (Wildman–Crippen MR) is 142 cm³/mol. The van der Waals surface area contributed by atoms with Crippen LogP contribution in [-0.4, -0.2) is 34.2 Å². The molecule has 41 heavy (non-hydrogen) atoms. The number of carbonyl (C=O) groups is 1. The van der Waals surface area contributed by atoms with Crippen LogP contribution in [0.2, 0.25) is 0 Å². The van der Waals surface area contributed by atoms with Crippen molar-refractivity contribution in [2.75, 3.05) is 12.0 Å². The van der Waals surface area contributed by atoms with Gasteiger partial charge in [0.2, 0.25) is 11.8 Å². The number of nitriles is 1. The molecule has 0 radical (unpaired) electrons. The summed E-state index contributed by atoms with van der Waals surface area (Å²) in [5.74, 6) is -5.17. The third-order valence-electron chi connectivity index (χ3n) is 6.86. The molecule has 1 atom stereocenters. The number of ether oxygens (including phenoxy) is 1. The second kappa shape index (κ2) is 10.3. The third-order valence-corrected chi connectivity index (χ3v) is 6.86. The molecular weight excluding hydrogens is 537 g/mol. The van der Waals surface area contributed by atoms with Crippen LogP contribution >= 0.6 is 0 Å². The quantitative estimate of drug-likeness (QED) is 0.343. The van der Waals surface area contributed by atoms with Gasteiger partial charge < -0.3 is 19.8 Å². The number of benzene rings is 2. The van der Waals surface area contributed by atoms with E-state index in [9.17, 15) is 10.1 Å². The van der Waals surface area contributed by atoms with Gasteiger partial charge in [-0.2, -0.15) is 5.26 Å². The summed E-state index contributed by atoms with van der Waals surface area (Å²) in [6.07, 6.45) is 0.597. The molecule has 0 aliphatic carbocycles. The van der Waals surface area contributed by atoms with Crippen molar-refractivity contribution in [2.24, 2.45) is 5.73 Å². The van der Waals surface area contributed by atoms with Crippen LogP contribution in [0.25, 0.3) is 22.7 Å². The largest absolute Gasteiger partial charge is 0.495 e. The second-order valence-electron chi connectivity index (χ2n) is 10.2. The summed E-state index contributed by atoms with van der Waals surface area (Å²) in [6, 6.07) is 12.8. The molecule has 0 unspecified atom stereocenters. The molecule has 12 heteroatoms. The molecule has 0 saturated carbocycles. The van der Waals surface area contributed by atoms with Gasteiger partial charge in [-0.05, 0) is 43.7 Å². The maximum atomic E-state index is 15.3. The Morgan fingerprint density at radius 1 is 1.20 bits per heavy atom. The number of methoxy groups -OCH3 is 1. The summed E-state index contributed by atoms with van der Waals surface area (Å²) >= 11 is 0. The standard InChI is InChI=1S/C29H25F3N6O3/c1-28(2,15-33)27-37-36-25(41-27)19-10-24-20(11-21(19)30)29(31,32)12-22(34)26(39)38(24)14-16-4-6-17(7-5-16)23-9-8-18(40-3)13-35-23/h4-11,13,22H,12,14,34H2,1-3H3/t22-/m0/s1. The van der Waals surface area contributed by atoms with Crippen LogP contribution in [0.1, 0.15) is 37.3 Å². The number of halogens is 3. The summed E-state index contributed by atoms with van der Waals surface area (Å²) < 4.78 is 56.5. The van der Waals surface area contributed by atoms with Crippen molar-refractivity contribution in [3.05, 3.63) is 77.6 Å². The smallest absolute Gasteiger partial charge is 0.277 e. The predicted octanol–water partition coefficient (Wildman–Crippen LogP) is 5.10. The van der Waals surface area contributed by atoms with E-state index >= 15 is 13.2 Å². The molecule has 0 spiro atoms. The number of fused-ring (bicyclic) bond motifs is 1. The lowest BCUT2D eigenvalue weighted by Gasteiger charge is -2.25. The molecule has 1 amide bonds. The maximum Gasteiger partial charge on any atom is 0.277 e. The van der Waals surface area contributed by atoms with Gasteiger partial charge in [0.05, 0.1) is 48.9 Å². The number of anilines is 1. The average molecular weight is 563 g/mol. The molecule has 0 bridgehead atoms. The van der Waals surface area contributed by atoms with Crippen molar-refractivity contribution >= 4 is 11.6 Å². The number of hydrogen-bond acceptors (Lipinski definition) is 8. The van der Waals surface area contributed by atoms with E-state index in [1.807, 2.05) is 6.07 Å². The minimum atomic E-state index is -3.59. The maximum absolute atomic E-state index is 15.3. The van der Waals surface area contributed by atoms with E-state index in [1.165, 1.54) is 13.8 Å². The molecule has 0 saturated heterocycles. The highest BCUT2D eigenvalue weighted by atomic mass is 19.3. The number of nitrogens with two attached hydrogens (primary N) is 1. The number of pyridine rings is 1. The number of amides is 1. The monoisotopic (exact) mass is 562 g/mol. The van der Waals surface area contributed by atoms with Crippen molar-refractivity contribution in [1.82, 2.24) is 15.2 Å². The highest BCUT2D eigenvalue weighted by molar-refractivity contribution is 5.99. The molecule has 9 nitrogen and oxygen atoms in total. The first-order chi connectivity index (χ1) is 19.4. The summed E-state index contributed by atoms with van der Waals surface area (Å²) in [5, 5.41) is 17.0. The van der Waals surface area contributed by atoms with Gasteiger partial charge in [0.1, 0.15) is 17.0 Å². The Morgan fingerprint density at radius 3 is 2.56 bits per heavy atom. The Morgan fingerprint density at radius 2 is 1.93 bits per heavy atom. The molecule has 4 aromatic rings. The minimum Gasteiger partial charge on any atom is -0.495 e. The molecule has 210 valence electrons. The fraction of sp³-hybridized carbons (Fsp3) is 0.276. The topological polar surface area (TPSA) is 131 Å². The van der Waals surface area contributed by atoms with E-state index in [-0.39, 0.29) is 29.6 Å². The lowest BCUT2D eigenvalue weighted by molar-refractivity contribution is -0.122. The first-order valence-electron chi connectivity index (χ1n) is 12.6. The minimum absolute atomic E-state index is 0.0731. The van der Waals surface area contributed by atoms with Gasteiger partial charge in [-0.1, -0.05) is 24.3 Å². The molecular formula is C29H25F3N6O3. The van der Waals surface area contributed by atoms with Gasteiger partial charge in [-0.3, -0.25) is 9.78 Å². The molecule has 2 aromatic carbocycles. The van der Waals surface area contributed by atoms with Gasteiger partial charge in [-0.25, -0.2) is 13.2 Å². The number of carbonyl (C=O) groups excluding carboxylic acids is 1. The van der Waals surface area contributed by atoms with Crippen molar-refractivity contribution < 1.29 is 27.1 Å². The molecule has 1 aliphatic heterocycles. The van der Waals surface area contributed by atoms with Gasteiger partial charge in [0.25, 0.3) is 11.8 Å². The van der Waals surface area contributed by atoms with Gasteiger partial charge in [-0.15, -0.1) is 10.2 Å². The third kappa shape index (κ3) is 5.24. The Hall–Kier alpha value is -4.76. The summed E-state index contributed by atoms with van der Waals surface area (Å²) in [6.45, 7) is 2.96. The highest BCUT2D eigenvalue weighted by Gasteiger charge is 2.45. The zero-order valence-electron chi connectivity index (χ0n) is 22.4. The lowest BCUT2D eigenvalue weighted by Crippen LogP contribution is -2.43. The Kier molecular flexibility index (Phi) is 7.00. The lowest BCUT2D eigenvalue weighted by atomic mass is 9.96. The van der Waals surface area contributed by atoms with Gasteiger partial charge >= 0.3 is 0 Å². The van der Waals surface area contributed by atoms with Crippen LogP contribution in [0.15, 0.2) is 59.1 Å². The number of hydrogen-bond donors (Lipinski definition) is 1. The van der Waals surface area contributed by atoms with Crippen LogP contribution in [0, 0.1) is 17.1 Å². The van der Waals surface area contributed by atoms with Crippen molar-refractivity contribution in [3.63, 3.8) is 0 Å². The van der Waals surface area contributed by atoms with Crippen molar-refractivity contribution in [2.45, 2.75) is 44.2 Å². The number of aromatic nitrogens is 3. The normalized spacial score (nSPS) is 16.6. The van der Waals surface area contributed by atoms with Crippen LogP contribution in [0.4, 0.5) is 18.9 Å². The fourth-order valence-corrected chi connectivity index (χ4v) is 4.47. The van der Waals surface area contributed by atoms with E-state index in [1.54, 1.807) is 49.7 Å². The zero-order valence-corrected chi connectivity index (χ0v) is 22.4. The first-order valence-corrected chi connectivity index (χ1v) is 12.6. The number of nitrogens with zero attached hydrogens (tertiary/aromatic N) is 5. The Bertz CT molecular complexity index is 1650. The number of rotatable bonds is 6. The Balaban J connectivity index is 1.55.